The average Bonchev–Trinajstić information content (AvgIpc) is 2.33. The van der Waals surface area contributed by atoms with Crippen molar-refractivity contribution in [2.24, 2.45) is 0 Å². The summed E-state index contributed by atoms with van der Waals surface area (Å²) in [6.07, 6.45) is 6.72. The van der Waals surface area contributed by atoms with Crippen LogP contribution >= 0.6 is 30.4 Å². The summed E-state index contributed by atoms with van der Waals surface area (Å²) < 4.78 is 11.3. The van der Waals surface area contributed by atoms with Gasteiger partial charge in [-0.25, -0.2) is 4.98 Å². The number of halogens is 1. The molecule has 1 aromatic heterocycles. The van der Waals surface area contributed by atoms with Crippen LogP contribution in [0.15, 0.2) is 24.4 Å². The fourth-order valence-corrected chi connectivity index (χ4v) is 3.06. The van der Waals surface area contributed by atoms with Crippen molar-refractivity contribution in [3.8, 4) is 5.88 Å². The van der Waals surface area contributed by atoms with Crippen molar-refractivity contribution in [1.82, 2.24) is 4.98 Å². The fourth-order valence-electron chi connectivity index (χ4n) is 1.89. The highest BCUT2D eigenvalue weighted by molar-refractivity contribution is 14.2. The molecule has 3 nitrogen and oxygen atoms in total. The van der Waals surface area contributed by atoms with E-state index in [9.17, 15) is 0 Å². The normalized spacial score (nSPS) is 25.3. The highest BCUT2D eigenvalue weighted by Crippen LogP contribution is 2.28. The molecule has 1 heterocycles. The fraction of sp³-hybridized carbons (Fsp3) is 0.545. The molecule has 1 fully saturated rings. The van der Waals surface area contributed by atoms with Gasteiger partial charge >= 0.3 is 0 Å². The summed E-state index contributed by atoms with van der Waals surface area (Å²) in [5.41, 5.74) is 0. The third-order valence-electron chi connectivity index (χ3n) is 2.72. The third-order valence-corrected chi connectivity index (χ3v) is 3.69. The predicted octanol–water partition coefficient (Wildman–Crippen LogP) is 3.79. The maximum atomic E-state index is 5.81. The molecular weight excluding hydrogens is 337 g/mol. The zero-order valence-corrected chi connectivity index (χ0v) is 11.8. The van der Waals surface area contributed by atoms with Gasteiger partial charge in [-0.15, -0.1) is 0 Å². The molecule has 2 rings (SSSR count). The van der Waals surface area contributed by atoms with Crippen molar-refractivity contribution in [2.75, 3.05) is 0 Å². The van der Waals surface area contributed by atoms with Gasteiger partial charge < -0.3 is 8.92 Å². The highest BCUT2D eigenvalue weighted by Gasteiger charge is 2.23. The summed E-state index contributed by atoms with van der Waals surface area (Å²) >= 11 is 2.17. The summed E-state index contributed by atoms with van der Waals surface area (Å²) in [5.74, 6) is 0.732. The molecule has 0 radical (unpaired) electrons. The summed E-state index contributed by atoms with van der Waals surface area (Å²) in [4.78, 5) is 4.17. The van der Waals surface area contributed by atoms with Gasteiger partial charge in [-0.2, -0.15) is 0 Å². The number of pyridine rings is 1. The third kappa shape index (κ3) is 3.78. The Labute approximate surface area is 112 Å². The monoisotopic (exact) mass is 351 g/mol. The van der Waals surface area contributed by atoms with Gasteiger partial charge in [0.1, 0.15) is 6.10 Å². The quantitative estimate of drug-likeness (QED) is 0.610. The van der Waals surface area contributed by atoms with E-state index >= 15 is 0 Å². The van der Waals surface area contributed by atoms with Crippen LogP contribution in [0.4, 0.5) is 0 Å². The summed E-state index contributed by atoms with van der Waals surface area (Å²) in [5, 5.41) is 0. The minimum Gasteiger partial charge on any atom is -0.474 e. The number of ether oxygens (including phenoxy) is 1. The van der Waals surface area contributed by atoms with Crippen LogP contribution in [0.3, 0.4) is 0 Å². The van der Waals surface area contributed by atoms with E-state index in [0.717, 1.165) is 31.6 Å². The smallest absolute Gasteiger partial charge is 0.213 e. The number of nitrogens with zero attached hydrogens (tertiary/aromatic N) is 1. The number of rotatable bonds is 4. The van der Waals surface area contributed by atoms with Gasteiger partial charge in [-0.05, 0) is 31.7 Å². The van der Waals surface area contributed by atoms with E-state index in [-0.39, 0.29) is 0 Å². The van der Waals surface area contributed by atoms with Crippen LogP contribution in [-0.2, 0) is 4.18 Å². The van der Waals surface area contributed by atoms with Crippen molar-refractivity contribution in [1.29, 1.82) is 0 Å². The Morgan fingerprint density at radius 1 is 1.19 bits per heavy atom. The van der Waals surface area contributed by atoms with Crippen molar-refractivity contribution < 1.29 is 8.92 Å². The molecule has 0 bridgehead atoms. The van der Waals surface area contributed by atoms with Crippen molar-refractivity contribution in [2.45, 2.75) is 37.9 Å². The van der Waals surface area contributed by atoms with E-state index in [2.05, 4.69) is 26.2 Å². The minimum atomic E-state index is 0.300. The molecule has 1 aromatic rings. The summed E-state index contributed by atoms with van der Waals surface area (Å²) in [7, 11) is 1.43. The molecule has 0 aliphatic heterocycles. The Bertz CT molecular complexity index is 304. The second kappa shape index (κ2) is 6.66. The Kier molecular flexibility index (Phi) is 5.18. The van der Waals surface area contributed by atoms with Gasteiger partial charge in [0.15, 0.2) is 0 Å². The second-order valence-electron chi connectivity index (χ2n) is 3.84. The molecule has 5 heteroatoms. The van der Waals surface area contributed by atoms with Crippen LogP contribution in [0.1, 0.15) is 25.7 Å². The van der Waals surface area contributed by atoms with Gasteiger partial charge in [-0.1, -0.05) is 6.07 Å². The van der Waals surface area contributed by atoms with Crippen LogP contribution in [0.25, 0.3) is 0 Å². The SMILES string of the molecule is ISO[C@H]1CC[C@H](Oc2ccccn2)CC1. The van der Waals surface area contributed by atoms with E-state index in [1.165, 1.54) is 9.21 Å². The molecule has 1 aliphatic rings. The standard InChI is InChI=1S/C11H14INO2S/c12-16-15-10-6-4-9(5-7-10)14-11-3-1-2-8-13-11/h1-3,8-10H,4-7H2/t9-,10-. The molecule has 16 heavy (non-hydrogen) atoms. The molecular formula is C11H14INO2S. The molecule has 88 valence electrons. The maximum Gasteiger partial charge on any atom is 0.213 e. The lowest BCUT2D eigenvalue weighted by atomic mass is 9.95. The van der Waals surface area contributed by atoms with Crippen molar-refractivity contribution in [3.05, 3.63) is 24.4 Å². The van der Waals surface area contributed by atoms with Gasteiger partial charge in [0, 0.05) is 33.5 Å². The molecule has 0 unspecified atom stereocenters. The maximum absolute atomic E-state index is 5.81. The van der Waals surface area contributed by atoms with Crippen LogP contribution in [0.5, 0.6) is 5.88 Å². The van der Waals surface area contributed by atoms with Crippen molar-refractivity contribution in [3.63, 3.8) is 0 Å². The number of aromatic nitrogens is 1. The van der Waals surface area contributed by atoms with Crippen LogP contribution < -0.4 is 4.74 Å². The van der Waals surface area contributed by atoms with Crippen LogP contribution in [-0.4, -0.2) is 17.2 Å². The lowest BCUT2D eigenvalue weighted by Gasteiger charge is -2.27. The predicted molar refractivity (Wildman–Crippen MR) is 73.6 cm³/mol. The summed E-state index contributed by atoms with van der Waals surface area (Å²) in [6.45, 7) is 0. The van der Waals surface area contributed by atoms with Gasteiger partial charge in [0.25, 0.3) is 0 Å². The Hall–Kier alpha value is -0.01000. The van der Waals surface area contributed by atoms with E-state index in [1.807, 2.05) is 18.2 Å². The second-order valence-corrected chi connectivity index (χ2v) is 5.24. The number of hydrogen-bond donors (Lipinski definition) is 0. The Balaban J connectivity index is 1.77. The van der Waals surface area contributed by atoms with E-state index in [1.54, 1.807) is 6.20 Å². The zero-order chi connectivity index (χ0) is 11.2. The van der Waals surface area contributed by atoms with Crippen LogP contribution in [0, 0.1) is 0 Å². The van der Waals surface area contributed by atoms with E-state index in [0.29, 0.717) is 12.2 Å². The van der Waals surface area contributed by atoms with Crippen LogP contribution in [0.2, 0.25) is 0 Å². The zero-order valence-electron chi connectivity index (χ0n) is 8.84. The minimum absolute atomic E-state index is 0.300. The van der Waals surface area contributed by atoms with E-state index < -0.39 is 0 Å². The molecule has 0 N–H and O–H groups in total. The van der Waals surface area contributed by atoms with Gasteiger partial charge in [0.2, 0.25) is 5.88 Å². The van der Waals surface area contributed by atoms with E-state index in [4.69, 9.17) is 8.92 Å². The molecule has 0 atom stereocenters. The molecule has 0 saturated heterocycles. The number of hydrogen-bond acceptors (Lipinski definition) is 4. The van der Waals surface area contributed by atoms with Gasteiger partial charge in [0.05, 0.1) is 15.3 Å². The molecule has 1 saturated carbocycles. The Morgan fingerprint density at radius 2 is 1.94 bits per heavy atom. The average molecular weight is 351 g/mol. The van der Waals surface area contributed by atoms with Crippen molar-refractivity contribution >= 4 is 30.4 Å². The lowest BCUT2D eigenvalue weighted by Crippen LogP contribution is -2.27. The molecule has 0 aromatic carbocycles. The molecule has 0 spiro atoms. The first-order valence-corrected chi connectivity index (χ1v) is 8.68. The lowest BCUT2D eigenvalue weighted by molar-refractivity contribution is 0.0903. The summed E-state index contributed by atoms with van der Waals surface area (Å²) in [6, 6.07) is 5.75. The first-order chi connectivity index (χ1) is 7.88. The first-order valence-electron chi connectivity index (χ1n) is 5.40. The van der Waals surface area contributed by atoms with Gasteiger partial charge in [-0.3, -0.25) is 0 Å². The highest BCUT2D eigenvalue weighted by atomic mass is 127. The molecule has 0 amide bonds. The largest absolute Gasteiger partial charge is 0.474 e. The first kappa shape index (κ1) is 12.4. The topological polar surface area (TPSA) is 31.4 Å². The molecule has 1 aliphatic carbocycles. The Morgan fingerprint density at radius 3 is 2.56 bits per heavy atom.